The van der Waals surface area contributed by atoms with Gasteiger partial charge in [-0.3, -0.25) is 0 Å². The lowest BCUT2D eigenvalue weighted by molar-refractivity contribution is 0.593. The number of para-hydroxylation sites is 1. The second-order valence-corrected chi connectivity index (χ2v) is 5.57. The van der Waals surface area contributed by atoms with Gasteiger partial charge >= 0.3 is 0 Å². The summed E-state index contributed by atoms with van der Waals surface area (Å²) in [6.45, 7) is 4.05. The third kappa shape index (κ3) is 3.37. The number of nitrogens with one attached hydrogen (secondary N) is 1. The Morgan fingerprint density at radius 1 is 1.16 bits per heavy atom. The van der Waals surface area contributed by atoms with E-state index in [1.807, 2.05) is 50.2 Å². The Balaban J connectivity index is 2.31. The van der Waals surface area contributed by atoms with Gasteiger partial charge in [-0.25, -0.2) is 0 Å². The minimum atomic E-state index is -0.248. The first-order chi connectivity index (χ1) is 9.03. The topological polar surface area (TPSA) is 37.8 Å². The van der Waals surface area contributed by atoms with Crippen LogP contribution >= 0.6 is 23.2 Å². The van der Waals surface area contributed by atoms with Gasteiger partial charge in [-0.15, -0.1) is 21.8 Å². The van der Waals surface area contributed by atoms with Crippen LogP contribution in [0.25, 0.3) is 0 Å². The molecule has 0 amide bonds. The van der Waals surface area contributed by atoms with Crippen LogP contribution < -0.4 is 5.32 Å². The molecule has 0 atom stereocenters. The number of hydrogen-bond acceptors (Lipinski definition) is 3. The average molecular weight is 296 g/mol. The first-order valence-corrected chi connectivity index (χ1v) is 6.86. The molecule has 2 rings (SSSR count). The van der Waals surface area contributed by atoms with Crippen LogP contribution in [0.5, 0.6) is 0 Å². The summed E-state index contributed by atoms with van der Waals surface area (Å²) in [6, 6.07) is 11.7. The Morgan fingerprint density at radius 3 is 2.47 bits per heavy atom. The maximum absolute atomic E-state index is 6.10. The summed E-state index contributed by atoms with van der Waals surface area (Å²) in [5.74, 6) is 1.12. The van der Waals surface area contributed by atoms with E-state index in [-0.39, 0.29) is 5.41 Å². The molecule has 0 saturated heterocycles. The fourth-order valence-corrected chi connectivity index (χ4v) is 2.15. The van der Waals surface area contributed by atoms with Crippen molar-refractivity contribution < 1.29 is 0 Å². The van der Waals surface area contributed by atoms with E-state index in [0.717, 1.165) is 11.3 Å². The molecule has 0 fully saturated rings. The lowest BCUT2D eigenvalue weighted by Crippen LogP contribution is -2.20. The van der Waals surface area contributed by atoms with Crippen LogP contribution in [0.15, 0.2) is 36.4 Å². The summed E-state index contributed by atoms with van der Waals surface area (Å²) in [7, 11) is 0. The summed E-state index contributed by atoms with van der Waals surface area (Å²) in [4.78, 5) is 0. The van der Waals surface area contributed by atoms with E-state index in [1.54, 1.807) is 0 Å². The average Bonchev–Trinajstić information content (AvgIpc) is 2.42. The van der Waals surface area contributed by atoms with Crippen LogP contribution in [-0.4, -0.2) is 16.1 Å². The highest BCUT2D eigenvalue weighted by Crippen LogP contribution is 2.31. The molecule has 1 heterocycles. The van der Waals surface area contributed by atoms with Crippen molar-refractivity contribution in [3.05, 3.63) is 47.1 Å². The van der Waals surface area contributed by atoms with Crippen molar-refractivity contribution in [3.8, 4) is 0 Å². The van der Waals surface area contributed by atoms with Crippen molar-refractivity contribution in [2.24, 2.45) is 0 Å². The number of aromatic nitrogens is 2. The van der Waals surface area contributed by atoms with Gasteiger partial charge in [-0.05, 0) is 18.2 Å². The van der Waals surface area contributed by atoms with E-state index in [0.29, 0.717) is 16.9 Å². The highest BCUT2D eigenvalue weighted by molar-refractivity contribution is 6.30. The van der Waals surface area contributed by atoms with Crippen molar-refractivity contribution in [2.45, 2.75) is 19.3 Å². The van der Waals surface area contributed by atoms with Gasteiger partial charge in [0.25, 0.3) is 0 Å². The van der Waals surface area contributed by atoms with Crippen LogP contribution in [0.1, 0.15) is 19.4 Å². The Hall–Kier alpha value is -1.32. The molecule has 0 unspecified atom stereocenters. The van der Waals surface area contributed by atoms with E-state index < -0.39 is 0 Å². The summed E-state index contributed by atoms with van der Waals surface area (Å²) in [6.07, 6.45) is 0. The maximum atomic E-state index is 6.10. The summed E-state index contributed by atoms with van der Waals surface area (Å²) < 4.78 is 0. The molecule has 0 aliphatic rings. The molecule has 0 bridgehead atoms. The van der Waals surface area contributed by atoms with Crippen molar-refractivity contribution in [2.75, 3.05) is 11.2 Å². The second-order valence-electron chi connectivity index (χ2n) is 4.94. The fraction of sp³-hybridized carbons (Fsp3) is 0.286. The van der Waals surface area contributed by atoms with Crippen LogP contribution in [0.3, 0.4) is 0 Å². The molecule has 0 aliphatic heterocycles. The van der Waals surface area contributed by atoms with Crippen molar-refractivity contribution >= 4 is 34.7 Å². The quantitative estimate of drug-likeness (QED) is 0.850. The van der Waals surface area contributed by atoms with Crippen LogP contribution in [0, 0.1) is 0 Å². The lowest BCUT2D eigenvalue weighted by atomic mass is 9.88. The van der Waals surface area contributed by atoms with Crippen LogP contribution in [0.2, 0.25) is 5.15 Å². The predicted molar refractivity (Wildman–Crippen MR) is 80.5 cm³/mol. The van der Waals surface area contributed by atoms with Gasteiger partial charge < -0.3 is 5.32 Å². The van der Waals surface area contributed by atoms with Crippen molar-refractivity contribution in [3.63, 3.8) is 0 Å². The molecule has 1 aromatic heterocycles. The zero-order valence-corrected chi connectivity index (χ0v) is 12.3. The van der Waals surface area contributed by atoms with Gasteiger partial charge in [0.2, 0.25) is 0 Å². The first-order valence-electron chi connectivity index (χ1n) is 5.95. The molecule has 0 saturated carbocycles. The Kier molecular flexibility index (Phi) is 4.27. The van der Waals surface area contributed by atoms with Crippen LogP contribution in [-0.2, 0) is 5.41 Å². The van der Waals surface area contributed by atoms with Crippen molar-refractivity contribution in [1.82, 2.24) is 10.2 Å². The summed E-state index contributed by atoms with van der Waals surface area (Å²) in [5, 5.41) is 11.6. The van der Waals surface area contributed by atoms with Gasteiger partial charge in [-0.1, -0.05) is 43.6 Å². The van der Waals surface area contributed by atoms with Gasteiger partial charge in [0.05, 0.1) is 0 Å². The van der Waals surface area contributed by atoms with Gasteiger partial charge in [0, 0.05) is 22.5 Å². The number of benzene rings is 1. The Morgan fingerprint density at radius 2 is 1.84 bits per heavy atom. The van der Waals surface area contributed by atoms with E-state index in [4.69, 9.17) is 23.2 Å². The zero-order valence-electron chi connectivity index (χ0n) is 10.8. The van der Waals surface area contributed by atoms with Crippen LogP contribution in [0.4, 0.5) is 11.5 Å². The first kappa shape index (κ1) is 14.1. The normalized spacial score (nSPS) is 11.4. The molecule has 1 N–H and O–H groups in total. The van der Waals surface area contributed by atoms with Gasteiger partial charge in [0.1, 0.15) is 0 Å². The van der Waals surface area contributed by atoms with E-state index >= 15 is 0 Å². The lowest BCUT2D eigenvalue weighted by Gasteiger charge is -2.23. The molecule has 5 heteroatoms. The Bertz CT molecular complexity index is 556. The summed E-state index contributed by atoms with van der Waals surface area (Å²) in [5.41, 5.74) is 1.59. The third-order valence-corrected chi connectivity index (χ3v) is 3.81. The molecule has 19 heavy (non-hydrogen) atoms. The van der Waals surface area contributed by atoms with E-state index in [1.165, 1.54) is 0 Å². The SMILES string of the molecule is CC(C)(CCl)c1cc(Nc2ccccc2)nnc1Cl. The number of anilines is 2. The smallest absolute Gasteiger partial charge is 0.155 e. The molecule has 0 radical (unpaired) electrons. The number of rotatable bonds is 4. The maximum Gasteiger partial charge on any atom is 0.155 e. The molecule has 0 spiro atoms. The number of hydrogen-bond donors (Lipinski definition) is 1. The number of nitrogens with zero attached hydrogens (tertiary/aromatic N) is 2. The van der Waals surface area contributed by atoms with E-state index in [9.17, 15) is 0 Å². The molecular formula is C14H15Cl2N3. The zero-order chi connectivity index (χ0) is 13.9. The standard InChI is InChI=1S/C14H15Cl2N3/c1-14(2,9-15)11-8-12(18-19-13(11)16)17-10-6-4-3-5-7-10/h3-8H,9H2,1-2H3,(H,17,18). The summed E-state index contributed by atoms with van der Waals surface area (Å²) >= 11 is 12.1. The second kappa shape index (κ2) is 5.76. The third-order valence-electron chi connectivity index (χ3n) is 2.86. The number of halogens is 2. The fourth-order valence-electron chi connectivity index (χ4n) is 1.65. The highest BCUT2D eigenvalue weighted by atomic mass is 35.5. The molecular weight excluding hydrogens is 281 g/mol. The molecule has 1 aromatic carbocycles. The molecule has 0 aliphatic carbocycles. The van der Waals surface area contributed by atoms with E-state index in [2.05, 4.69) is 15.5 Å². The molecule has 100 valence electrons. The Labute approximate surface area is 123 Å². The molecule has 3 nitrogen and oxygen atoms in total. The van der Waals surface area contributed by atoms with Gasteiger partial charge in [0.15, 0.2) is 11.0 Å². The van der Waals surface area contributed by atoms with Crippen molar-refractivity contribution in [1.29, 1.82) is 0 Å². The minimum Gasteiger partial charge on any atom is -0.339 e. The van der Waals surface area contributed by atoms with Gasteiger partial charge in [-0.2, -0.15) is 0 Å². The number of alkyl halides is 1. The molecule has 2 aromatic rings. The monoisotopic (exact) mass is 295 g/mol. The predicted octanol–water partition coefficient (Wildman–Crippen LogP) is 4.39. The minimum absolute atomic E-state index is 0.248. The highest BCUT2D eigenvalue weighted by Gasteiger charge is 2.24. The largest absolute Gasteiger partial charge is 0.339 e.